The van der Waals surface area contributed by atoms with Gasteiger partial charge in [-0.25, -0.2) is 0 Å². The third-order valence-corrected chi connectivity index (χ3v) is 17.3. The van der Waals surface area contributed by atoms with Gasteiger partial charge in [-0.05, 0) is 262 Å². The van der Waals surface area contributed by atoms with Gasteiger partial charge in [-0.2, -0.15) is 5.26 Å². The monoisotopic (exact) mass is 1170 g/mol. The summed E-state index contributed by atoms with van der Waals surface area (Å²) in [5, 5.41) is 8.60. The van der Waals surface area contributed by atoms with Gasteiger partial charge in [0, 0.05) is 130 Å². The van der Waals surface area contributed by atoms with Gasteiger partial charge in [0.2, 0.25) is 0 Å². The Hall–Kier alpha value is -5.01. The highest BCUT2D eigenvalue weighted by molar-refractivity contribution is 5.40. The van der Waals surface area contributed by atoms with Crippen molar-refractivity contribution in [1.82, 2.24) is 39.2 Å². The Morgan fingerprint density at radius 2 is 0.952 bits per heavy atom. The first-order chi connectivity index (χ1) is 38.2. The van der Waals surface area contributed by atoms with Crippen molar-refractivity contribution in [2.45, 2.75) is 288 Å². The Kier molecular flexibility index (Phi) is 45.5. The van der Waals surface area contributed by atoms with E-state index in [0.29, 0.717) is 54.4 Å². The molecule has 0 spiro atoms. The summed E-state index contributed by atoms with van der Waals surface area (Å²) >= 11 is 0. The fourth-order valence-electron chi connectivity index (χ4n) is 8.11. The van der Waals surface area contributed by atoms with Crippen LogP contribution in [0.1, 0.15) is 221 Å². The van der Waals surface area contributed by atoms with Crippen molar-refractivity contribution in [3.05, 3.63) is 106 Å². The van der Waals surface area contributed by atoms with Gasteiger partial charge < -0.3 is 39.2 Å². The van der Waals surface area contributed by atoms with Crippen molar-refractivity contribution in [1.29, 1.82) is 5.26 Å². The molecule has 0 aromatic heterocycles. The van der Waals surface area contributed by atoms with Crippen molar-refractivity contribution >= 4 is 0 Å². The van der Waals surface area contributed by atoms with E-state index in [2.05, 4.69) is 308 Å². The molecule has 1 saturated carbocycles. The molecular formula is C75H139N9. The molecule has 3 aliphatic rings. The molecule has 5 atom stereocenters. The van der Waals surface area contributed by atoms with Gasteiger partial charge in [-0.1, -0.05) is 74.8 Å². The van der Waals surface area contributed by atoms with Gasteiger partial charge in [-0.3, -0.25) is 0 Å². The number of hydrogen-bond acceptors (Lipinski definition) is 9. The second-order valence-corrected chi connectivity index (χ2v) is 26.4. The van der Waals surface area contributed by atoms with Gasteiger partial charge in [0.05, 0.1) is 17.7 Å². The molecule has 9 heteroatoms. The maximum Gasteiger partial charge on any atom is 0.0827 e. The molecule has 3 rings (SSSR count). The van der Waals surface area contributed by atoms with Crippen molar-refractivity contribution in [3.63, 3.8) is 0 Å². The zero-order valence-corrected chi connectivity index (χ0v) is 62.6. The first-order valence-electron chi connectivity index (χ1n) is 31.4. The molecule has 0 N–H and O–H groups in total. The molecule has 84 heavy (non-hydrogen) atoms. The second-order valence-electron chi connectivity index (χ2n) is 26.4. The van der Waals surface area contributed by atoms with Crippen LogP contribution in [0.4, 0.5) is 0 Å². The number of allylic oxidation sites excluding steroid dienone is 7. The number of rotatable bonds is 16. The molecule has 1 fully saturated rings. The van der Waals surface area contributed by atoms with E-state index in [0.717, 1.165) is 41.6 Å². The lowest BCUT2D eigenvalue weighted by atomic mass is 10.1. The molecule has 5 unspecified atom stereocenters. The van der Waals surface area contributed by atoms with E-state index in [1.807, 2.05) is 44.8 Å². The second kappa shape index (κ2) is 43.6. The molecule has 9 nitrogen and oxygen atoms in total. The maximum atomic E-state index is 8.60. The van der Waals surface area contributed by atoms with E-state index in [1.54, 1.807) is 0 Å². The van der Waals surface area contributed by atoms with Crippen molar-refractivity contribution < 1.29 is 0 Å². The fourth-order valence-corrected chi connectivity index (χ4v) is 8.11. The van der Waals surface area contributed by atoms with Crippen LogP contribution < -0.4 is 0 Å². The fraction of sp³-hybridized carbons (Fsp3) is 0.693. The van der Waals surface area contributed by atoms with Crippen LogP contribution in [0.5, 0.6) is 0 Å². The molecule has 1 aliphatic carbocycles. The Bertz CT molecular complexity index is 2220. The van der Waals surface area contributed by atoms with Crippen molar-refractivity contribution in [3.8, 4) is 30.4 Å². The van der Waals surface area contributed by atoms with Crippen LogP contribution in [0.3, 0.4) is 0 Å². The van der Waals surface area contributed by atoms with E-state index < -0.39 is 0 Å². The van der Waals surface area contributed by atoms with Crippen molar-refractivity contribution in [2.75, 3.05) is 48.8 Å². The number of hydrogen-bond donors (Lipinski definition) is 0. The van der Waals surface area contributed by atoms with Crippen LogP contribution in [-0.4, -0.2) is 154 Å². The van der Waals surface area contributed by atoms with Crippen LogP contribution in [0.2, 0.25) is 0 Å². The normalized spacial score (nSPS) is 16.9. The van der Waals surface area contributed by atoms with E-state index in [9.17, 15) is 0 Å². The number of terminal acetylenes is 1. The summed E-state index contributed by atoms with van der Waals surface area (Å²) in [6.45, 7) is 87.8. The van der Waals surface area contributed by atoms with Gasteiger partial charge in [0.1, 0.15) is 0 Å². The Labute approximate surface area is 526 Å². The van der Waals surface area contributed by atoms with Crippen LogP contribution in [0.25, 0.3) is 0 Å². The smallest absolute Gasteiger partial charge is 0.0827 e. The minimum atomic E-state index is -0.0811. The highest BCUT2D eigenvalue weighted by Gasteiger charge is 2.36. The summed E-state index contributed by atoms with van der Waals surface area (Å²) in [4.78, 5) is 17.7. The molecule has 0 bridgehead atoms. The molecule has 0 amide bonds. The van der Waals surface area contributed by atoms with Gasteiger partial charge in [0.15, 0.2) is 0 Å². The average molecular weight is 1170 g/mol. The highest BCUT2D eigenvalue weighted by Crippen LogP contribution is 2.36. The van der Waals surface area contributed by atoms with Crippen molar-refractivity contribution in [2.24, 2.45) is 11.8 Å². The van der Waals surface area contributed by atoms with Crippen LogP contribution >= 0.6 is 0 Å². The Morgan fingerprint density at radius 1 is 0.583 bits per heavy atom. The van der Waals surface area contributed by atoms with E-state index in [-0.39, 0.29) is 5.92 Å². The van der Waals surface area contributed by atoms with Gasteiger partial charge in [0.25, 0.3) is 0 Å². The molecule has 2 aliphatic heterocycles. The van der Waals surface area contributed by atoms with Crippen LogP contribution in [0.15, 0.2) is 106 Å². The number of nitrogens with zero attached hydrogens (tertiary/aromatic N) is 9. The predicted octanol–water partition coefficient (Wildman–Crippen LogP) is 18.3. The third kappa shape index (κ3) is 33.0. The van der Waals surface area contributed by atoms with Gasteiger partial charge >= 0.3 is 0 Å². The first kappa shape index (κ1) is 87.8. The highest BCUT2D eigenvalue weighted by atomic mass is 15.2. The SMILES string of the molecule is C#CN(C)C(C)C.C=C(C#CC)N(C)C(C)C.C=C(C(C)=C(C)C)N(C)C(C)C.C=C(C(C)C#N)N(C)C(C)C.C=C1C(C)=C(C)C(C)N1C(C)C.C=C1C(C)=C(C)C(C)N1C(C)C.CC(C)=C(C)CN(C)C(C)C.CC1CC1N(C)C(C)C. The summed E-state index contributed by atoms with van der Waals surface area (Å²) in [5.41, 5.74) is 16.6. The molecule has 0 saturated heterocycles. The predicted molar refractivity (Wildman–Crippen MR) is 380 cm³/mol. The first-order valence-corrected chi connectivity index (χ1v) is 31.4. The standard InChI is InChI=1S/2C11H19N.C11H21N.C10H21N.C9H16N2.C9H15N.C8H17N.C6H11N/c2*1-7(2)12-10(5)8(3)9(4)11(12)6;1-8(2)10(5)11(6)12(7)9(3)4;1-8(2)10(5)7-11(6)9(3)4;1-7(2)11(5)9(4)8(3)6-10;1-6-7-9(4)10(5)8(2)3;1-6(2)9(4)8-5-7(8)3;1-5-7(4)6(2)3/h2*7,11H,5H2,1-4,6H3;9H,6H2,1-5,7H3;9H,7H2,1-6H3;7-8H,4H2,1-3,5H3;8H,4H2,1-3,5H3;6-8H,5H2,1-4H3;1,6H,2-4H3. The molecule has 0 aromatic rings. The number of likely N-dealkylation sites (N-methyl/N-ethyl adjacent to an activating group) is 2. The molecular weight excluding hydrogens is 1030 g/mol. The Morgan fingerprint density at radius 3 is 1.13 bits per heavy atom. The summed E-state index contributed by atoms with van der Waals surface area (Å²) in [5.74, 6) is 6.59. The van der Waals surface area contributed by atoms with Crippen LogP contribution in [-0.2, 0) is 0 Å². The lowest BCUT2D eigenvalue weighted by molar-refractivity contribution is 0.254. The van der Waals surface area contributed by atoms with Gasteiger partial charge in [-0.15, -0.1) is 0 Å². The van der Waals surface area contributed by atoms with E-state index in [4.69, 9.17) is 11.7 Å². The quantitative estimate of drug-likeness (QED) is 0.0651. The molecule has 2 heterocycles. The lowest BCUT2D eigenvalue weighted by Crippen LogP contribution is -2.33. The topological polar surface area (TPSA) is 49.7 Å². The summed E-state index contributed by atoms with van der Waals surface area (Å²) < 4.78 is 0. The molecule has 0 aromatic carbocycles. The largest absolute Gasteiger partial charge is 0.375 e. The Balaban J connectivity index is -0.000000284. The average Bonchev–Trinajstić information content (AvgIpc) is 4.07. The minimum Gasteiger partial charge on any atom is -0.375 e. The molecule has 0 radical (unpaired) electrons. The maximum absolute atomic E-state index is 8.60. The molecule has 484 valence electrons. The lowest BCUT2D eigenvalue weighted by Gasteiger charge is -2.30. The zero-order valence-electron chi connectivity index (χ0n) is 62.6. The van der Waals surface area contributed by atoms with E-state index >= 15 is 0 Å². The minimum absolute atomic E-state index is 0.0811. The summed E-state index contributed by atoms with van der Waals surface area (Å²) in [6, 6.07) is 11.0. The number of nitriles is 1. The summed E-state index contributed by atoms with van der Waals surface area (Å²) in [7, 11) is 12.3. The summed E-state index contributed by atoms with van der Waals surface area (Å²) in [6.07, 6.45) is 6.46. The zero-order chi connectivity index (χ0) is 67.9. The third-order valence-electron chi connectivity index (χ3n) is 17.3. The van der Waals surface area contributed by atoms with Crippen LogP contribution in [0, 0.1) is 47.5 Å². The van der Waals surface area contributed by atoms with E-state index in [1.165, 1.54) is 62.4 Å².